The molecule has 0 radical (unpaired) electrons. The van der Waals surface area contributed by atoms with Crippen LogP contribution >= 0.6 is 0 Å². The van der Waals surface area contributed by atoms with E-state index in [1.807, 2.05) is 0 Å². The molecule has 3 rings (SSSR count). The van der Waals surface area contributed by atoms with Gasteiger partial charge in [-0.15, -0.1) is 0 Å². The molecule has 0 saturated carbocycles. The maximum atomic E-state index is 5.16. The molecule has 1 N–H and O–H groups in total. The fourth-order valence-electron chi connectivity index (χ4n) is 3.03. The Morgan fingerprint density at radius 3 is 3.28 bits per heavy atom. The van der Waals surface area contributed by atoms with Gasteiger partial charge in [-0.3, -0.25) is 0 Å². The number of hydrogen-bond donors (Lipinski definition) is 1. The molecule has 0 aliphatic carbocycles. The van der Waals surface area contributed by atoms with Crippen LogP contribution in [0.15, 0.2) is 12.3 Å². The van der Waals surface area contributed by atoms with Crippen LogP contribution in [-0.2, 0) is 0 Å². The second-order valence-corrected chi connectivity index (χ2v) is 5.10. The third-order valence-corrected chi connectivity index (χ3v) is 4.00. The minimum absolute atomic E-state index is 0.642. The Morgan fingerprint density at radius 2 is 2.39 bits per heavy atom. The molecule has 2 atom stereocenters. The number of rotatable bonds is 2. The van der Waals surface area contributed by atoms with Gasteiger partial charge in [0, 0.05) is 31.4 Å². The van der Waals surface area contributed by atoms with Gasteiger partial charge < -0.3 is 15.0 Å². The molecule has 0 aromatic carbocycles. The quantitative estimate of drug-likeness (QED) is 0.848. The fourth-order valence-corrected chi connectivity index (χ4v) is 3.03. The molecule has 2 aliphatic rings. The third kappa shape index (κ3) is 2.27. The Kier molecular flexibility index (Phi) is 3.32. The van der Waals surface area contributed by atoms with Gasteiger partial charge in [-0.1, -0.05) is 0 Å². The number of ether oxygens (including phenoxy) is 1. The van der Waals surface area contributed by atoms with Crippen LogP contribution in [0, 0.1) is 5.92 Å². The van der Waals surface area contributed by atoms with Crippen molar-refractivity contribution in [2.45, 2.75) is 25.3 Å². The zero-order valence-electron chi connectivity index (χ0n) is 10.8. The van der Waals surface area contributed by atoms with Crippen molar-refractivity contribution in [2.75, 3.05) is 31.6 Å². The molecule has 1 aromatic heterocycles. The van der Waals surface area contributed by atoms with Crippen molar-refractivity contribution in [2.24, 2.45) is 5.92 Å². The molecule has 3 heterocycles. The average molecular weight is 248 g/mol. The zero-order chi connectivity index (χ0) is 12.4. The molecule has 0 amide bonds. The number of methoxy groups -OCH3 is 1. The maximum Gasteiger partial charge on any atom is 0.228 e. The highest BCUT2D eigenvalue weighted by molar-refractivity contribution is 5.33. The number of piperidine rings is 2. The highest BCUT2D eigenvalue weighted by Gasteiger charge is 2.31. The van der Waals surface area contributed by atoms with E-state index in [4.69, 9.17) is 4.74 Å². The Hall–Kier alpha value is -1.36. The smallest absolute Gasteiger partial charge is 0.228 e. The number of hydrogen-bond acceptors (Lipinski definition) is 5. The summed E-state index contributed by atoms with van der Waals surface area (Å²) in [4.78, 5) is 11.1. The highest BCUT2D eigenvalue weighted by Crippen LogP contribution is 2.27. The van der Waals surface area contributed by atoms with E-state index in [0.717, 1.165) is 25.0 Å². The first-order valence-electron chi connectivity index (χ1n) is 6.72. The molecule has 2 aliphatic heterocycles. The van der Waals surface area contributed by atoms with Gasteiger partial charge in [0.2, 0.25) is 11.8 Å². The number of fused-ring (bicyclic) bond motifs is 1. The van der Waals surface area contributed by atoms with E-state index >= 15 is 0 Å². The van der Waals surface area contributed by atoms with Crippen LogP contribution < -0.4 is 15.0 Å². The lowest BCUT2D eigenvalue weighted by molar-refractivity contribution is 0.243. The summed E-state index contributed by atoms with van der Waals surface area (Å²) in [5, 5.41) is 3.62. The summed E-state index contributed by atoms with van der Waals surface area (Å²) in [6.45, 7) is 3.27. The van der Waals surface area contributed by atoms with Crippen molar-refractivity contribution in [1.82, 2.24) is 15.3 Å². The van der Waals surface area contributed by atoms with Gasteiger partial charge in [0.1, 0.15) is 0 Å². The van der Waals surface area contributed by atoms with Gasteiger partial charge in [0.25, 0.3) is 0 Å². The highest BCUT2D eigenvalue weighted by atomic mass is 16.5. The summed E-state index contributed by atoms with van der Waals surface area (Å²) in [6.07, 6.45) is 5.56. The topological polar surface area (TPSA) is 50.3 Å². The molecule has 2 fully saturated rings. The molecule has 0 unspecified atom stereocenters. The first kappa shape index (κ1) is 11.7. The first-order valence-corrected chi connectivity index (χ1v) is 6.72. The van der Waals surface area contributed by atoms with Gasteiger partial charge in [-0.2, -0.15) is 4.98 Å². The normalized spacial score (nSPS) is 27.7. The lowest BCUT2D eigenvalue weighted by atomic mass is 9.85. The van der Waals surface area contributed by atoms with E-state index in [-0.39, 0.29) is 0 Å². The summed E-state index contributed by atoms with van der Waals surface area (Å²) >= 11 is 0. The number of nitrogens with one attached hydrogen (secondary N) is 1. The Bertz CT molecular complexity index is 412. The van der Waals surface area contributed by atoms with Crippen LogP contribution in [0.25, 0.3) is 0 Å². The molecule has 5 heteroatoms. The molecule has 18 heavy (non-hydrogen) atoms. The van der Waals surface area contributed by atoms with Crippen molar-refractivity contribution in [3.05, 3.63) is 12.3 Å². The molecular weight excluding hydrogens is 228 g/mol. The van der Waals surface area contributed by atoms with Crippen molar-refractivity contribution < 1.29 is 4.74 Å². The molecular formula is C13H20N4O. The van der Waals surface area contributed by atoms with Crippen molar-refractivity contribution in [3.63, 3.8) is 0 Å². The van der Waals surface area contributed by atoms with Crippen LogP contribution in [0.4, 0.5) is 5.95 Å². The van der Waals surface area contributed by atoms with Crippen molar-refractivity contribution in [1.29, 1.82) is 0 Å². The van der Waals surface area contributed by atoms with Crippen LogP contribution in [-0.4, -0.2) is 42.8 Å². The predicted octanol–water partition coefficient (Wildman–Crippen LogP) is 1.06. The van der Waals surface area contributed by atoms with E-state index in [1.54, 1.807) is 19.4 Å². The van der Waals surface area contributed by atoms with Gasteiger partial charge >= 0.3 is 0 Å². The van der Waals surface area contributed by atoms with Gasteiger partial charge in [-0.25, -0.2) is 4.98 Å². The molecule has 1 aromatic rings. The average Bonchev–Trinajstić information content (AvgIpc) is 2.47. The number of aromatic nitrogens is 2. The summed E-state index contributed by atoms with van der Waals surface area (Å²) in [5.41, 5.74) is 0. The Morgan fingerprint density at radius 1 is 1.44 bits per heavy atom. The minimum atomic E-state index is 0.642. The monoisotopic (exact) mass is 248 g/mol. The predicted molar refractivity (Wildman–Crippen MR) is 69.9 cm³/mol. The summed E-state index contributed by atoms with van der Waals surface area (Å²) < 4.78 is 5.16. The van der Waals surface area contributed by atoms with Crippen molar-refractivity contribution in [3.8, 4) is 5.88 Å². The lowest BCUT2D eigenvalue weighted by Crippen LogP contribution is -2.52. The van der Waals surface area contributed by atoms with Gasteiger partial charge in [0.05, 0.1) is 7.11 Å². The molecule has 0 bridgehead atoms. The largest absolute Gasteiger partial charge is 0.481 e. The lowest BCUT2D eigenvalue weighted by Gasteiger charge is -2.41. The fraction of sp³-hybridized carbons (Fsp3) is 0.692. The van der Waals surface area contributed by atoms with E-state index in [1.165, 1.54) is 25.8 Å². The minimum Gasteiger partial charge on any atom is -0.481 e. The second kappa shape index (κ2) is 5.10. The van der Waals surface area contributed by atoms with E-state index in [0.29, 0.717) is 11.9 Å². The van der Waals surface area contributed by atoms with Gasteiger partial charge in [-0.05, 0) is 31.7 Å². The maximum absolute atomic E-state index is 5.16. The van der Waals surface area contributed by atoms with Crippen LogP contribution in [0.5, 0.6) is 5.88 Å². The number of anilines is 1. The molecule has 0 spiro atoms. The number of nitrogens with zero attached hydrogens (tertiary/aromatic N) is 3. The summed E-state index contributed by atoms with van der Waals surface area (Å²) in [5.74, 6) is 2.18. The van der Waals surface area contributed by atoms with Crippen LogP contribution in [0.2, 0.25) is 0 Å². The van der Waals surface area contributed by atoms with Gasteiger partial charge in [0.15, 0.2) is 0 Å². The van der Waals surface area contributed by atoms with E-state index in [2.05, 4.69) is 20.2 Å². The molecule has 98 valence electrons. The zero-order valence-corrected chi connectivity index (χ0v) is 10.8. The Balaban J connectivity index is 1.72. The van der Waals surface area contributed by atoms with Crippen LogP contribution in [0.1, 0.15) is 19.3 Å². The second-order valence-electron chi connectivity index (χ2n) is 5.10. The molecule has 5 nitrogen and oxygen atoms in total. The summed E-state index contributed by atoms with van der Waals surface area (Å²) in [6, 6.07) is 2.49. The van der Waals surface area contributed by atoms with Crippen LogP contribution in [0.3, 0.4) is 0 Å². The third-order valence-electron chi connectivity index (χ3n) is 4.00. The first-order chi connectivity index (χ1) is 8.86. The SMILES string of the molecule is COc1ccnc(N2CC[C@@H]3NCCC[C@@H]3C2)n1. The van der Waals surface area contributed by atoms with E-state index in [9.17, 15) is 0 Å². The Labute approximate surface area is 108 Å². The standard InChI is InChI=1S/C13H20N4O/c1-18-12-4-7-15-13(16-12)17-8-5-11-10(9-17)3-2-6-14-11/h4,7,10-11,14H,2-3,5-6,8-9H2,1H3/t10-,11+/m1/s1. The van der Waals surface area contributed by atoms with E-state index < -0.39 is 0 Å². The molecule has 2 saturated heterocycles. The van der Waals surface area contributed by atoms with Crippen molar-refractivity contribution >= 4 is 5.95 Å². The summed E-state index contributed by atoms with van der Waals surface area (Å²) in [7, 11) is 1.64.